The fraction of sp³-hybridized carbons (Fsp3) is 0.667. The number of nitrogens with zero attached hydrogens (tertiary/aromatic N) is 3. The van der Waals surface area contributed by atoms with Crippen molar-refractivity contribution in [3.05, 3.63) is 11.9 Å². The maximum atomic E-state index is 4.26. The second-order valence-electron chi connectivity index (χ2n) is 4.05. The van der Waals surface area contributed by atoms with E-state index >= 15 is 0 Å². The van der Waals surface area contributed by atoms with Crippen LogP contribution in [0.4, 0.5) is 11.6 Å². The van der Waals surface area contributed by atoms with Crippen molar-refractivity contribution in [2.45, 2.75) is 20.8 Å². The van der Waals surface area contributed by atoms with Crippen molar-refractivity contribution < 1.29 is 0 Å². The van der Waals surface area contributed by atoms with Gasteiger partial charge in [0.05, 0.1) is 0 Å². The number of anilines is 2. The van der Waals surface area contributed by atoms with Gasteiger partial charge in [0.25, 0.3) is 0 Å². The monoisotopic (exact) mass is 237 g/mol. The normalized spacial score (nSPS) is 10.6. The van der Waals surface area contributed by atoms with E-state index in [4.69, 9.17) is 0 Å². The topological polar surface area (TPSA) is 53.1 Å². The molecule has 2 N–H and O–H groups in total. The molecule has 0 aliphatic rings. The van der Waals surface area contributed by atoms with Crippen molar-refractivity contribution >= 4 is 11.6 Å². The number of nitrogens with one attached hydrogen (secondary N) is 2. The molecule has 0 unspecified atom stereocenters. The highest BCUT2D eigenvalue weighted by atomic mass is 15.1. The third-order valence-electron chi connectivity index (χ3n) is 2.75. The van der Waals surface area contributed by atoms with Crippen molar-refractivity contribution in [1.82, 2.24) is 14.9 Å². The Balaban J connectivity index is 2.56. The molecule has 17 heavy (non-hydrogen) atoms. The third-order valence-corrected chi connectivity index (χ3v) is 2.75. The Hall–Kier alpha value is -1.36. The summed E-state index contributed by atoms with van der Waals surface area (Å²) >= 11 is 0. The molecule has 1 aromatic rings. The highest BCUT2D eigenvalue weighted by molar-refractivity contribution is 5.56. The molecule has 1 heterocycles. The van der Waals surface area contributed by atoms with Gasteiger partial charge in [-0.3, -0.25) is 0 Å². The SMILES string of the molecule is CCNc1ncnc(NCCN(C)CC)c1C. The van der Waals surface area contributed by atoms with E-state index < -0.39 is 0 Å². The number of aromatic nitrogens is 2. The maximum absolute atomic E-state index is 4.26. The van der Waals surface area contributed by atoms with Gasteiger partial charge in [-0.05, 0) is 27.4 Å². The van der Waals surface area contributed by atoms with Gasteiger partial charge in [0.15, 0.2) is 0 Å². The number of hydrogen-bond acceptors (Lipinski definition) is 5. The summed E-state index contributed by atoms with van der Waals surface area (Å²) < 4.78 is 0. The lowest BCUT2D eigenvalue weighted by Crippen LogP contribution is -2.25. The van der Waals surface area contributed by atoms with Crippen LogP contribution < -0.4 is 10.6 Å². The van der Waals surface area contributed by atoms with Gasteiger partial charge in [-0.1, -0.05) is 6.92 Å². The lowest BCUT2D eigenvalue weighted by Gasteiger charge is -2.16. The Morgan fingerprint density at radius 1 is 1.18 bits per heavy atom. The number of rotatable bonds is 7. The molecule has 1 rings (SSSR count). The molecule has 0 aliphatic heterocycles. The fourth-order valence-corrected chi connectivity index (χ4v) is 1.50. The van der Waals surface area contributed by atoms with E-state index in [1.807, 2.05) is 6.92 Å². The first-order chi connectivity index (χ1) is 8.19. The molecule has 96 valence electrons. The lowest BCUT2D eigenvalue weighted by atomic mass is 10.3. The standard InChI is InChI=1S/C12H23N5/c1-5-13-11-10(3)12(16-9-15-11)14-7-8-17(4)6-2/h9H,5-8H2,1-4H3,(H2,13,14,15,16). The molecule has 5 nitrogen and oxygen atoms in total. The Bertz CT molecular complexity index is 340. The molecule has 1 aromatic heterocycles. The predicted molar refractivity (Wildman–Crippen MR) is 72.6 cm³/mol. The first-order valence-electron chi connectivity index (χ1n) is 6.16. The minimum Gasteiger partial charge on any atom is -0.370 e. The number of hydrogen-bond donors (Lipinski definition) is 2. The van der Waals surface area contributed by atoms with Gasteiger partial charge in [0.2, 0.25) is 0 Å². The molecule has 0 aliphatic carbocycles. The molecule has 0 fully saturated rings. The van der Waals surface area contributed by atoms with Gasteiger partial charge in [-0.2, -0.15) is 0 Å². The summed E-state index contributed by atoms with van der Waals surface area (Å²) in [6.07, 6.45) is 1.59. The Labute approximate surface area is 104 Å². The Morgan fingerprint density at radius 3 is 2.41 bits per heavy atom. The molecule has 0 radical (unpaired) electrons. The van der Waals surface area contributed by atoms with E-state index in [0.717, 1.165) is 43.4 Å². The van der Waals surface area contributed by atoms with Gasteiger partial charge in [0.1, 0.15) is 18.0 Å². The van der Waals surface area contributed by atoms with E-state index in [1.165, 1.54) is 0 Å². The van der Waals surface area contributed by atoms with Gasteiger partial charge in [0, 0.05) is 25.2 Å². The van der Waals surface area contributed by atoms with Crippen molar-refractivity contribution in [3.8, 4) is 0 Å². The average molecular weight is 237 g/mol. The minimum absolute atomic E-state index is 0.871. The van der Waals surface area contributed by atoms with Crippen LogP contribution in [0.5, 0.6) is 0 Å². The van der Waals surface area contributed by atoms with Crippen LogP contribution in [-0.4, -0.2) is 48.1 Å². The second-order valence-corrected chi connectivity index (χ2v) is 4.05. The predicted octanol–water partition coefficient (Wildman–Crippen LogP) is 1.58. The van der Waals surface area contributed by atoms with Crippen LogP contribution in [0.3, 0.4) is 0 Å². The molecule has 0 bridgehead atoms. The van der Waals surface area contributed by atoms with Gasteiger partial charge in [-0.25, -0.2) is 9.97 Å². The largest absolute Gasteiger partial charge is 0.370 e. The van der Waals surface area contributed by atoms with Gasteiger partial charge >= 0.3 is 0 Å². The summed E-state index contributed by atoms with van der Waals surface area (Å²) in [5.74, 6) is 1.83. The van der Waals surface area contributed by atoms with Crippen molar-refractivity contribution in [1.29, 1.82) is 0 Å². The molecule has 0 spiro atoms. The first-order valence-corrected chi connectivity index (χ1v) is 6.16. The minimum atomic E-state index is 0.871. The van der Waals surface area contributed by atoms with Crippen molar-refractivity contribution in [2.75, 3.05) is 43.9 Å². The van der Waals surface area contributed by atoms with Crippen LogP contribution in [0.15, 0.2) is 6.33 Å². The zero-order valence-electron chi connectivity index (χ0n) is 11.2. The van der Waals surface area contributed by atoms with Crippen molar-refractivity contribution in [3.63, 3.8) is 0 Å². The van der Waals surface area contributed by atoms with Crippen LogP contribution in [0.1, 0.15) is 19.4 Å². The highest BCUT2D eigenvalue weighted by Gasteiger charge is 2.05. The first kappa shape index (κ1) is 13.7. The molecular formula is C12H23N5. The summed E-state index contributed by atoms with van der Waals surface area (Å²) in [5, 5.41) is 6.57. The van der Waals surface area contributed by atoms with E-state index in [-0.39, 0.29) is 0 Å². The van der Waals surface area contributed by atoms with Crippen LogP contribution in [-0.2, 0) is 0 Å². The zero-order valence-corrected chi connectivity index (χ0v) is 11.2. The molecule has 0 amide bonds. The van der Waals surface area contributed by atoms with Crippen LogP contribution >= 0.6 is 0 Å². The third kappa shape index (κ3) is 4.19. The van der Waals surface area contributed by atoms with Gasteiger partial charge < -0.3 is 15.5 Å². The van der Waals surface area contributed by atoms with E-state index in [2.05, 4.69) is 46.4 Å². The molecule has 0 aromatic carbocycles. The summed E-state index contributed by atoms with van der Waals surface area (Å²) in [6, 6.07) is 0. The Kier molecular flexibility index (Phi) is 5.69. The lowest BCUT2D eigenvalue weighted by molar-refractivity contribution is 0.367. The van der Waals surface area contributed by atoms with Crippen LogP contribution in [0.2, 0.25) is 0 Å². The highest BCUT2D eigenvalue weighted by Crippen LogP contribution is 2.17. The zero-order chi connectivity index (χ0) is 12.7. The smallest absolute Gasteiger partial charge is 0.134 e. The quantitative estimate of drug-likeness (QED) is 0.754. The summed E-state index contributed by atoms with van der Waals surface area (Å²) in [7, 11) is 2.11. The average Bonchev–Trinajstić information content (AvgIpc) is 2.33. The van der Waals surface area contributed by atoms with E-state index in [0.29, 0.717) is 0 Å². The van der Waals surface area contributed by atoms with Gasteiger partial charge in [-0.15, -0.1) is 0 Å². The van der Waals surface area contributed by atoms with E-state index in [1.54, 1.807) is 6.33 Å². The summed E-state index contributed by atoms with van der Waals surface area (Å²) in [4.78, 5) is 10.7. The Morgan fingerprint density at radius 2 is 1.82 bits per heavy atom. The van der Waals surface area contributed by atoms with Crippen LogP contribution in [0.25, 0.3) is 0 Å². The summed E-state index contributed by atoms with van der Waals surface area (Å²) in [6.45, 7) is 10.1. The fourth-order valence-electron chi connectivity index (χ4n) is 1.50. The maximum Gasteiger partial charge on any atom is 0.134 e. The molecule has 0 saturated heterocycles. The summed E-state index contributed by atoms with van der Waals surface area (Å²) in [5.41, 5.74) is 1.08. The second kappa shape index (κ2) is 7.06. The molecular weight excluding hydrogens is 214 g/mol. The van der Waals surface area contributed by atoms with E-state index in [9.17, 15) is 0 Å². The molecule has 0 saturated carbocycles. The molecule has 0 atom stereocenters. The number of likely N-dealkylation sites (N-methyl/N-ethyl adjacent to an activating group) is 1. The van der Waals surface area contributed by atoms with Crippen molar-refractivity contribution in [2.24, 2.45) is 0 Å². The van der Waals surface area contributed by atoms with Crippen LogP contribution in [0, 0.1) is 6.92 Å². The molecule has 5 heteroatoms.